The highest BCUT2D eigenvalue weighted by molar-refractivity contribution is 6.01. The lowest BCUT2D eigenvalue weighted by Gasteiger charge is -2.25. The summed E-state index contributed by atoms with van der Waals surface area (Å²) < 4.78 is 16.7. The summed E-state index contributed by atoms with van der Waals surface area (Å²) in [5, 5.41) is 15.7. The molecule has 0 aliphatic carbocycles. The van der Waals surface area contributed by atoms with Crippen LogP contribution in [0, 0.1) is 0 Å². The Morgan fingerprint density at radius 2 is 1.74 bits per heavy atom. The molecule has 3 aromatic rings. The fourth-order valence-electron chi connectivity index (χ4n) is 3.66. The monoisotopic (exact) mass is 533 g/mol. The minimum Gasteiger partial charge on any atom is -0.504 e. The van der Waals surface area contributed by atoms with Crippen molar-refractivity contribution in [1.82, 2.24) is 0 Å². The quantitative estimate of drug-likeness (QED) is 0.152. The highest BCUT2D eigenvalue weighted by atomic mass is 16.6. The Hall–Kier alpha value is -4.83. The van der Waals surface area contributed by atoms with Gasteiger partial charge in [0.2, 0.25) is 5.91 Å². The summed E-state index contributed by atoms with van der Waals surface area (Å²) in [6.45, 7) is 3.44. The molecule has 3 aromatic carbocycles. The molecule has 3 rings (SSSR count). The van der Waals surface area contributed by atoms with Gasteiger partial charge < -0.3 is 30.4 Å². The van der Waals surface area contributed by atoms with Gasteiger partial charge in [0.05, 0.1) is 18.5 Å². The van der Waals surface area contributed by atoms with Crippen molar-refractivity contribution in [2.24, 2.45) is 0 Å². The van der Waals surface area contributed by atoms with Crippen LogP contribution in [0.15, 0.2) is 78.9 Å². The first-order valence-electron chi connectivity index (χ1n) is 12.1. The van der Waals surface area contributed by atoms with Crippen molar-refractivity contribution in [2.75, 3.05) is 30.1 Å². The molecule has 0 aliphatic rings. The van der Waals surface area contributed by atoms with Crippen LogP contribution in [0.3, 0.4) is 0 Å². The Bertz CT molecular complexity index is 1340. The molecule has 0 unspecified atom stereocenters. The van der Waals surface area contributed by atoms with Crippen molar-refractivity contribution in [3.05, 3.63) is 90.0 Å². The molecule has 39 heavy (non-hydrogen) atoms. The molecule has 5 N–H and O–H groups in total. The third-order valence-electron chi connectivity index (χ3n) is 5.62. The second kappa shape index (κ2) is 13.6. The van der Waals surface area contributed by atoms with Crippen LogP contribution >= 0.6 is 0 Å². The lowest BCUT2D eigenvalue weighted by atomic mass is 10.0. The predicted octanol–water partition coefficient (Wildman–Crippen LogP) is 5.08. The van der Waals surface area contributed by atoms with Gasteiger partial charge >= 0.3 is 6.09 Å². The number of nitrogens with two attached hydrogens (primary N) is 1. The number of benzene rings is 3. The number of nitrogen functional groups attached to an aromatic ring is 1. The number of Topliss-reactive ketones (excluding diaryl/α,β-unsaturated/α-hetero) is 1. The number of hydrogen-bond donors (Lipinski definition) is 4. The number of aromatic hydroxyl groups is 1. The molecule has 2 atom stereocenters. The number of carbonyl (C=O) groups excluding carboxylic acids is 3. The second-order valence-electron chi connectivity index (χ2n) is 8.37. The van der Waals surface area contributed by atoms with Crippen LogP contribution in [0.5, 0.6) is 11.5 Å². The van der Waals surface area contributed by atoms with Gasteiger partial charge in [-0.15, -0.1) is 0 Å². The van der Waals surface area contributed by atoms with E-state index >= 15 is 0 Å². The van der Waals surface area contributed by atoms with E-state index in [2.05, 4.69) is 10.6 Å². The maximum absolute atomic E-state index is 12.9. The van der Waals surface area contributed by atoms with E-state index < -0.39 is 24.2 Å². The number of phenolic OH excluding ortho intramolecular Hbond substituents is 1. The molecule has 10 heteroatoms. The van der Waals surface area contributed by atoms with Gasteiger partial charge in [-0.3, -0.25) is 14.9 Å². The average Bonchev–Trinajstić information content (AvgIpc) is 2.91. The van der Waals surface area contributed by atoms with Crippen LogP contribution in [0.1, 0.15) is 35.9 Å². The van der Waals surface area contributed by atoms with Gasteiger partial charge in [-0.1, -0.05) is 18.2 Å². The Morgan fingerprint density at radius 3 is 2.36 bits per heavy atom. The molecule has 10 nitrogen and oxygen atoms in total. The van der Waals surface area contributed by atoms with E-state index in [1.54, 1.807) is 61.5 Å². The SMILES string of the molecule is CCO[C@H](/C=C/C(=O)Nc1ccccc1N)[C@H](OC(=O)Nc1ccc(C(C)=O)cc1)c1ccc(OC)c(O)c1. The van der Waals surface area contributed by atoms with Crippen LogP contribution < -0.4 is 21.1 Å². The molecule has 0 saturated carbocycles. The first-order valence-corrected chi connectivity index (χ1v) is 12.1. The molecular formula is C29H31N3O7. The molecule has 0 radical (unpaired) electrons. The summed E-state index contributed by atoms with van der Waals surface area (Å²) in [6, 6.07) is 17.7. The normalized spacial score (nSPS) is 12.4. The van der Waals surface area contributed by atoms with E-state index in [1.165, 1.54) is 38.3 Å². The molecule has 0 aliphatic heterocycles. The molecule has 0 saturated heterocycles. The van der Waals surface area contributed by atoms with Gasteiger partial charge in [0.1, 0.15) is 6.10 Å². The largest absolute Gasteiger partial charge is 0.504 e. The number of carbonyl (C=O) groups is 3. The number of methoxy groups -OCH3 is 1. The molecular weight excluding hydrogens is 502 g/mol. The lowest BCUT2D eigenvalue weighted by molar-refractivity contribution is -0.112. The smallest absolute Gasteiger partial charge is 0.412 e. The topological polar surface area (TPSA) is 149 Å². The standard InChI is InChI=1S/C29H31N3O7/c1-4-38-26(15-16-27(35)32-23-8-6-5-7-22(23)30)28(20-11-14-25(37-3)24(34)17-20)39-29(36)31-21-12-9-19(10-13-21)18(2)33/h5-17,26,28,34H,4,30H2,1-3H3,(H,31,36)(H,32,35)/b16-15+/t26-,28-/m1/s1. The van der Waals surface area contributed by atoms with Gasteiger partial charge in [0, 0.05) is 23.9 Å². The summed E-state index contributed by atoms with van der Waals surface area (Å²) in [4.78, 5) is 37.0. The van der Waals surface area contributed by atoms with Gasteiger partial charge in [0.15, 0.2) is 23.4 Å². The van der Waals surface area contributed by atoms with E-state index in [9.17, 15) is 19.5 Å². The number of para-hydroxylation sites is 2. The Labute approximate surface area is 226 Å². The molecule has 0 spiro atoms. The number of ketones is 1. The van der Waals surface area contributed by atoms with Crippen LogP contribution in [0.2, 0.25) is 0 Å². The Morgan fingerprint density at radius 1 is 1.03 bits per heavy atom. The zero-order valence-corrected chi connectivity index (χ0v) is 21.8. The van der Waals surface area contributed by atoms with Crippen molar-refractivity contribution in [3.8, 4) is 11.5 Å². The van der Waals surface area contributed by atoms with Crippen molar-refractivity contribution >= 4 is 34.8 Å². The first kappa shape index (κ1) is 28.7. The molecule has 204 valence electrons. The summed E-state index contributed by atoms with van der Waals surface area (Å²) >= 11 is 0. The highest BCUT2D eigenvalue weighted by Gasteiger charge is 2.27. The van der Waals surface area contributed by atoms with Gasteiger partial charge in [0.25, 0.3) is 0 Å². The summed E-state index contributed by atoms with van der Waals surface area (Å²) in [6.07, 6.45) is -0.0777. The predicted molar refractivity (Wildman–Crippen MR) is 148 cm³/mol. The van der Waals surface area contributed by atoms with E-state index in [0.717, 1.165) is 0 Å². The zero-order chi connectivity index (χ0) is 28.4. The van der Waals surface area contributed by atoms with E-state index in [4.69, 9.17) is 19.9 Å². The summed E-state index contributed by atoms with van der Waals surface area (Å²) in [5.74, 6) is -0.506. The molecule has 0 fully saturated rings. The van der Waals surface area contributed by atoms with E-state index in [-0.39, 0.29) is 23.9 Å². The second-order valence-corrected chi connectivity index (χ2v) is 8.37. The maximum Gasteiger partial charge on any atom is 0.412 e. The number of hydrogen-bond acceptors (Lipinski definition) is 8. The maximum atomic E-state index is 12.9. The number of amides is 2. The molecule has 2 amide bonds. The van der Waals surface area contributed by atoms with Crippen molar-refractivity contribution in [1.29, 1.82) is 0 Å². The molecule has 0 aromatic heterocycles. The average molecular weight is 534 g/mol. The van der Waals surface area contributed by atoms with Crippen LogP contribution in [-0.4, -0.2) is 42.7 Å². The molecule has 0 bridgehead atoms. The lowest BCUT2D eigenvalue weighted by Crippen LogP contribution is -2.28. The third kappa shape index (κ3) is 8.08. The zero-order valence-electron chi connectivity index (χ0n) is 21.8. The third-order valence-corrected chi connectivity index (χ3v) is 5.62. The van der Waals surface area contributed by atoms with Crippen LogP contribution in [-0.2, 0) is 14.3 Å². The van der Waals surface area contributed by atoms with Crippen molar-refractivity contribution < 1.29 is 33.7 Å². The van der Waals surface area contributed by atoms with E-state index in [1.807, 2.05) is 0 Å². The van der Waals surface area contributed by atoms with Gasteiger partial charge in [-0.2, -0.15) is 0 Å². The molecule has 0 heterocycles. The number of nitrogens with one attached hydrogen (secondary N) is 2. The number of phenols is 1. The summed E-state index contributed by atoms with van der Waals surface area (Å²) in [5.41, 5.74) is 8.05. The van der Waals surface area contributed by atoms with Gasteiger partial charge in [-0.05, 0) is 74.0 Å². The van der Waals surface area contributed by atoms with Crippen LogP contribution in [0.4, 0.5) is 21.9 Å². The fourth-order valence-corrected chi connectivity index (χ4v) is 3.66. The number of ether oxygens (including phenoxy) is 3. The highest BCUT2D eigenvalue weighted by Crippen LogP contribution is 2.33. The minimum atomic E-state index is -1.07. The van der Waals surface area contributed by atoms with Crippen molar-refractivity contribution in [3.63, 3.8) is 0 Å². The summed E-state index contributed by atoms with van der Waals surface area (Å²) in [7, 11) is 1.41. The van der Waals surface area contributed by atoms with Crippen molar-refractivity contribution in [2.45, 2.75) is 26.1 Å². The fraction of sp³-hybridized carbons (Fsp3) is 0.207. The first-order chi connectivity index (χ1) is 18.7. The minimum absolute atomic E-state index is 0.103. The van der Waals surface area contributed by atoms with E-state index in [0.29, 0.717) is 28.2 Å². The van der Waals surface area contributed by atoms with Gasteiger partial charge in [-0.25, -0.2) is 4.79 Å². The Balaban J connectivity index is 1.86. The Kier molecular flexibility index (Phi) is 10.0. The van der Waals surface area contributed by atoms with Crippen LogP contribution in [0.25, 0.3) is 0 Å². The number of rotatable bonds is 11. The number of anilines is 3.